The molecule has 0 spiro atoms. The molecule has 0 amide bonds. The lowest BCUT2D eigenvalue weighted by Crippen LogP contribution is -2.57. The van der Waals surface area contributed by atoms with E-state index >= 15 is 0 Å². The van der Waals surface area contributed by atoms with E-state index in [1.807, 2.05) is 6.07 Å². The summed E-state index contributed by atoms with van der Waals surface area (Å²) in [4.78, 5) is 29.3. The number of hydrogen-bond donors (Lipinski definition) is 0. The van der Waals surface area contributed by atoms with Crippen LogP contribution in [0.3, 0.4) is 0 Å². The summed E-state index contributed by atoms with van der Waals surface area (Å²) in [7, 11) is 0. The van der Waals surface area contributed by atoms with E-state index in [9.17, 15) is 9.59 Å². The van der Waals surface area contributed by atoms with E-state index in [2.05, 4.69) is 41.7 Å². The van der Waals surface area contributed by atoms with Crippen LogP contribution < -0.4 is 5.56 Å². The Morgan fingerprint density at radius 3 is 2.85 bits per heavy atom. The van der Waals surface area contributed by atoms with Gasteiger partial charge in [0, 0.05) is 4.47 Å². The predicted molar refractivity (Wildman–Crippen MR) is 103 cm³/mol. The SMILES string of the molecule is C[C@H]1[C@@H](OC(=O)Cn2cnc3ccc(Br)cc3c2=O)C[C@H]2C[C@H]1C2(C)C. The van der Waals surface area contributed by atoms with Gasteiger partial charge in [-0.25, -0.2) is 4.98 Å². The Labute approximate surface area is 160 Å². The topological polar surface area (TPSA) is 61.2 Å². The Balaban J connectivity index is 1.48. The van der Waals surface area contributed by atoms with Gasteiger partial charge in [-0.05, 0) is 54.2 Å². The van der Waals surface area contributed by atoms with Gasteiger partial charge in [-0.15, -0.1) is 0 Å². The number of benzene rings is 1. The van der Waals surface area contributed by atoms with Crippen LogP contribution in [0.25, 0.3) is 10.9 Å². The summed E-state index contributed by atoms with van der Waals surface area (Å²) in [5, 5.41) is 0.490. The first-order chi connectivity index (χ1) is 12.3. The van der Waals surface area contributed by atoms with Crippen molar-refractivity contribution in [3.05, 3.63) is 39.4 Å². The van der Waals surface area contributed by atoms with Crippen LogP contribution in [-0.4, -0.2) is 21.6 Å². The van der Waals surface area contributed by atoms with Crippen LogP contribution in [-0.2, 0) is 16.1 Å². The molecule has 0 saturated heterocycles. The molecule has 138 valence electrons. The molecule has 3 saturated carbocycles. The Bertz CT molecular complexity index is 936. The second-order valence-electron chi connectivity index (χ2n) is 8.32. The van der Waals surface area contributed by atoms with Gasteiger partial charge >= 0.3 is 5.97 Å². The molecule has 0 unspecified atom stereocenters. The van der Waals surface area contributed by atoms with E-state index < -0.39 is 0 Å². The second-order valence-corrected chi connectivity index (χ2v) is 9.24. The molecule has 6 heteroatoms. The van der Waals surface area contributed by atoms with Crippen molar-refractivity contribution in [1.82, 2.24) is 9.55 Å². The molecule has 1 heterocycles. The van der Waals surface area contributed by atoms with Gasteiger partial charge in [-0.2, -0.15) is 0 Å². The Kier molecular flexibility index (Phi) is 4.21. The first kappa shape index (κ1) is 17.7. The Morgan fingerprint density at radius 1 is 1.38 bits per heavy atom. The molecule has 26 heavy (non-hydrogen) atoms. The molecule has 0 N–H and O–H groups in total. The number of carbonyl (C=O) groups is 1. The molecule has 0 radical (unpaired) electrons. The highest BCUT2D eigenvalue weighted by molar-refractivity contribution is 9.10. The highest BCUT2D eigenvalue weighted by atomic mass is 79.9. The molecule has 3 fully saturated rings. The summed E-state index contributed by atoms with van der Waals surface area (Å²) in [6.07, 6.45) is 3.54. The lowest BCUT2D eigenvalue weighted by atomic mass is 9.45. The summed E-state index contributed by atoms with van der Waals surface area (Å²) in [6, 6.07) is 5.34. The second kappa shape index (κ2) is 6.19. The van der Waals surface area contributed by atoms with E-state index in [4.69, 9.17) is 4.74 Å². The van der Waals surface area contributed by atoms with Crippen molar-refractivity contribution < 1.29 is 9.53 Å². The smallest absolute Gasteiger partial charge is 0.326 e. The largest absolute Gasteiger partial charge is 0.461 e. The van der Waals surface area contributed by atoms with E-state index in [1.54, 1.807) is 12.1 Å². The fraction of sp³-hybridized carbons (Fsp3) is 0.550. The van der Waals surface area contributed by atoms with Gasteiger partial charge in [0.15, 0.2) is 0 Å². The molecule has 1 aromatic carbocycles. The summed E-state index contributed by atoms with van der Waals surface area (Å²) in [6.45, 7) is 6.72. The minimum Gasteiger partial charge on any atom is -0.461 e. The molecule has 0 aliphatic heterocycles. The van der Waals surface area contributed by atoms with Crippen LogP contribution in [0.1, 0.15) is 33.6 Å². The molecular formula is C20H23BrN2O3. The molecule has 5 nitrogen and oxygen atoms in total. The number of esters is 1. The number of carbonyl (C=O) groups excluding carboxylic acids is 1. The number of rotatable bonds is 3. The summed E-state index contributed by atoms with van der Waals surface area (Å²) in [5.41, 5.74) is 0.745. The Hall–Kier alpha value is -1.69. The van der Waals surface area contributed by atoms with Crippen LogP contribution in [0.4, 0.5) is 0 Å². The maximum atomic E-state index is 12.6. The maximum Gasteiger partial charge on any atom is 0.326 e. The van der Waals surface area contributed by atoms with E-state index in [0.717, 1.165) is 10.9 Å². The van der Waals surface area contributed by atoms with Gasteiger partial charge in [0.05, 0.1) is 17.2 Å². The van der Waals surface area contributed by atoms with Gasteiger partial charge in [-0.3, -0.25) is 14.2 Å². The van der Waals surface area contributed by atoms with Crippen molar-refractivity contribution >= 4 is 32.8 Å². The third-order valence-electron chi connectivity index (χ3n) is 6.65. The standard InChI is InChI=1S/C20H23BrN2O3/c1-11-15-6-12(20(15,2)3)7-17(11)26-18(24)9-23-10-22-16-5-4-13(21)8-14(16)19(23)25/h4-5,8,10-12,15,17H,6-7,9H2,1-3H3/t11-,12-,15-,17+/m1/s1. The number of hydrogen-bond acceptors (Lipinski definition) is 4. The van der Waals surface area contributed by atoms with E-state index in [0.29, 0.717) is 34.1 Å². The van der Waals surface area contributed by atoms with Crippen molar-refractivity contribution in [2.24, 2.45) is 23.2 Å². The number of aromatic nitrogens is 2. The number of halogens is 1. The van der Waals surface area contributed by atoms with Gasteiger partial charge in [0.1, 0.15) is 12.6 Å². The highest BCUT2D eigenvalue weighted by Crippen LogP contribution is 2.61. The molecule has 1 aromatic heterocycles. The monoisotopic (exact) mass is 418 g/mol. The first-order valence-corrected chi connectivity index (χ1v) is 9.91. The fourth-order valence-corrected chi connectivity index (χ4v) is 5.21. The lowest BCUT2D eigenvalue weighted by molar-refractivity contribution is -0.186. The molecule has 3 aliphatic carbocycles. The predicted octanol–water partition coefficient (Wildman–Crippen LogP) is 3.77. The van der Waals surface area contributed by atoms with Crippen LogP contribution >= 0.6 is 15.9 Å². The molecule has 3 aliphatic rings. The van der Waals surface area contributed by atoms with Crippen molar-refractivity contribution in [1.29, 1.82) is 0 Å². The summed E-state index contributed by atoms with van der Waals surface area (Å²) < 4.78 is 7.89. The highest BCUT2D eigenvalue weighted by Gasteiger charge is 2.57. The lowest BCUT2D eigenvalue weighted by Gasteiger charge is -2.61. The number of nitrogens with zero attached hydrogens (tertiary/aromatic N) is 2. The zero-order chi connectivity index (χ0) is 18.6. The van der Waals surface area contributed by atoms with E-state index in [-0.39, 0.29) is 24.2 Å². The first-order valence-electron chi connectivity index (χ1n) is 9.11. The zero-order valence-electron chi connectivity index (χ0n) is 15.2. The molecule has 5 rings (SSSR count). The van der Waals surface area contributed by atoms with Gasteiger partial charge in [0.25, 0.3) is 5.56 Å². The summed E-state index contributed by atoms with van der Waals surface area (Å²) >= 11 is 3.37. The number of fused-ring (bicyclic) bond motifs is 3. The van der Waals surface area contributed by atoms with Gasteiger partial charge in [-0.1, -0.05) is 36.7 Å². The molecule has 2 bridgehead atoms. The third kappa shape index (κ3) is 2.79. The van der Waals surface area contributed by atoms with Gasteiger partial charge < -0.3 is 4.74 Å². The molecular weight excluding hydrogens is 396 g/mol. The average Bonchev–Trinajstić information content (AvgIpc) is 2.59. The van der Waals surface area contributed by atoms with Crippen LogP contribution in [0.5, 0.6) is 0 Å². The average molecular weight is 419 g/mol. The van der Waals surface area contributed by atoms with Crippen LogP contribution in [0.15, 0.2) is 33.8 Å². The summed E-state index contributed by atoms with van der Waals surface area (Å²) in [5.74, 6) is 1.24. The van der Waals surface area contributed by atoms with E-state index in [1.165, 1.54) is 17.3 Å². The quantitative estimate of drug-likeness (QED) is 0.711. The van der Waals surface area contributed by atoms with Crippen molar-refractivity contribution in [3.63, 3.8) is 0 Å². The van der Waals surface area contributed by atoms with Crippen molar-refractivity contribution in [2.75, 3.05) is 0 Å². The van der Waals surface area contributed by atoms with Crippen molar-refractivity contribution in [2.45, 2.75) is 46.3 Å². The third-order valence-corrected chi connectivity index (χ3v) is 7.15. The number of ether oxygens (including phenoxy) is 1. The normalized spacial score (nSPS) is 29.2. The van der Waals surface area contributed by atoms with Gasteiger partial charge in [0.2, 0.25) is 0 Å². The minimum absolute atomic E-state index is 0.0439. The van der Waals surface area contributed by atoms with Crippen LogP contribution in [0.2, 0.25) is 0 Å². The fourth-order valence-electron chi connectivity index (χ4n) is 4.85. The minimum atomic E-state index is -0.362. The molecule has 2 aromatic rings. The van der Waals surface area contributed by atoms with Crippen LogP contribution in [0, 0.1) is 23.2 Å². The maximum absolute atomic E-state index is 12.6. The van der Waals surface area contributed by atoms with Crippen molar-refractivity contribution in [3.8, 4) is 0 Å². The molecule has 4 atom stereocenters. The zero-order valence-corrected chi connectivity index (χ0v) is 16.8. The Morgan fingerprint density at radius 2 is 2.15 bits per heavy atom.